The molecule has 2 unspecified atom stereocenters. The zero-order valence-electron chi connectivity index (χ0n) is 11.6. The van der Waals surface area contributed by atoms with Crippen molar-refractivity contribution in [3.05, 3.63) is 46.0 Å². The second-order valence-corrected chi connectivity index (χ2v) is 5.06. The predicted molar refractivity (Wildman–Crippen MR) is 77.8 cm³/mol. The number of aliphatic carboxylic acids is 1. The summed E-state index contributed by atoms with van der Waals surface area (Å²) < 4.78 is 14.2. The number of aromatic nitrogens is 1. The lowest BCUT2D eigenvalue weighted by atomic mass is 9.90. The monoisotopic (exact) mass is 292 g/mol. The first-order chi connectivity index (χ1) is 9.93. The smallest absolute Gasteiger partial charge is 0.311 e. The maximum atomic E-state index is 14.2. The van der Waals surface area contributed by atoms with Crippen LogP contribution in [0.25, 0.3) is 10.9 Å². The molecule has 0 amide bonds. The van der Waals surface area contributed by atoms with Gasteiger partial charge in [-0.1, -0.05) is 6.92 Å². The van der Waals surface area contributed by atoms with E-state index in [1.54, 1.807) is 0 Å². The average Bonchev–Trinajstić information content (AvgIpc) is 2.45. The van der Waals surface area contributed by atoms with Crippen molar-refractivity contribution in [2.24, 2.45) is 5.73 Å². The van der Waals surface area contributed by atoms with Crippen molar-refractivity contribution in [3.8, 4) is 0 Å². The van der Waals surface area contributed by atoms with Crippen molar-refractivity contribution in [2.45, 2.75) is 31.7 Å². The molecule has 0 aliphatic carbocycles. The van der Waals surface area contributed by atoms with Gasteiger partial charge in [0.15, 0.2) is 5.43 Å². The number of fused-ring (bicyclic) bond motifs is 1. The molecule has 0 aliphatic rings. The Balaban J connectivity index is 2.55. The van der Waals surface area contributed by atoms with Gasteiger partial charge in [0.05, 0.1) is 5.92 Å². The summed E-state index contributed by atoms with van der Waals surface area (Å²) >= 11 is 0. The molecule has 0 fully saturated rings. The molecule has 2 atom stereocenters. The standard InChI is InChI=1S/C15H17FN2O3/c1-2-8(17)5-10(15(20)21)9-7-13-11(6-12(9)16)14(19)3-4-18-13/h3-4,6-8,10H,2,5,17H2,1H3,(H,18,19)(H,20,21). The van der Waals surface area contributed by atoms with E-state index in [1.165, 1.54) is 18.3 Å². The summed E-state index contributed by atoms with van der Waals surface area (Å²) in [5.41, 5.74) is 5.93. The van der Waals surface area contributed by atoms with Gasteiger partial charge in [-0.2, -0.15) is 0 Å². The number of carbonyl (C=O) groups is 1. The normalized spacial score (nSPS) is 14.0. The predicted octanol–water partition coefficient (Wildman–Crippen LogP) is 1.96. The fraction of sp³-hybridized carbons (Fsp3) is 0.333. The van der Waals surface area contributed by atoms with E-state index >= 15 is 0 Å². The average molecular weight is 292 g/mol. The van der Waals surface area contributed by atoms with Crippen LogP contribution in [-0.2, 0) is 4.79 Å². The first kappa shape index (κ1) is 15.2. The van der Waals surface area contributed by atoms with Gasteiger partial charge in [-0.15, -0.1) is 0 Å². The molecule has 1 aromatic carbocycles. The van der Waals surface area contributed by atoms with Crippen LogP contribution in [0.2, 0.25) is 0 Å². The lowest BCUT2D eigenvalue weighted by Crippen LogP contribution is -2.26. The number of hydrogen-bond acceptors (Lipinski definition) is 3. The summed E-state index contributed by atoms with van der Waals surface area (Å²) in [6, 6.07) is 3.43. The van der Waals surface area contributed by atoms with E-state index in [2.05, 4.69) is 4.98 Å². The molecule has 21 heavy (non-hydrogen) atoms. The summed E-state index contributed by atoms with van der Waals surface area (Å²) in [7, 11) is 0. The van der Waals surface area contributed by atoms with Gasteiger partial charge in [0.2, 0.25) is 0 Å². The van der Waals surface area contributed by atoms with Crippen LogP contribution in [0.1, 0.15) is 31.2 Å². The van der Waals surface area contributed by atoms with Gasteiger partial charge in [-0.3, -0.25) is 9.59 Å². The molecule has 0 spiro atoms. The largest absolute Gasteiger partial charge is 0.481 e. The lowest BCUT2D eigenvalue weighted by Gasteiger charge is -2.18. The van der Waals surface area contributed by atoms with E-state index in [0.29, 0.717) is 11.9 Å². The molecule has 6 heteroatoms. The number of carboxylic acids is 1. The number of carboxylic acid groups (broad SMARTS) is 1. The number of hydrogen-bond donors (Lipinski definition) is 3. The minimum absolute atomic E-state index is 0.0424. The zero-order chi connectivity index (χ0) is 15.6. The Labute approximate surface area is 120 Å². The molecule has 1 aromatic heterocycles. The molecule has 0 aliphatic heterocycles. The molecule has 0 bridgehead atoms. The van der Waals surface area contributed by atoms with E-state index in [0.717, 1.165) is 6.07 Å². The molecular weight excluding hydrogens is 275 g/mol. The van der Waals surface area contributed by atoms with Crippen LogP contribution in [0.4, 0.5) is 4.39 Å². The van der Waals surface area contributed by atoms with E-state index in [9.17, 15) is 19.1 Å². The summed E-state index contributed by atoms with van der Waals surface area (Å²) in [6.45, 7) is 1.85. The summed E-state index contributed by atoms with van der Waals surface area (Å²) in [5.74, 6) is -2.86. The maximum Gasteiger partial charge on any atom is 0.311 e. The summed E-state index contributed by atoms with van der Waals surface area (Å²) in [6.07, 6.45) is 2.20. The van der Waals surface area contributed by atoms with Crippen molar-refractivity contribution in [3.63, 3.8) is 0 Å². The minimum atomic E-state index is -1.13. The van der Waals surface area contributed by atoms with Gasteiger partial charge < -0.3 is 15.8 Å². The van der Waals surface area contributed by atoms with E-state index in [4.69, 9.17) is 5.73 Å². The number of halogens is 1. The van der Waals surface area contributed by atoms with E-state index in [1.807, 2.05) is 6.92 Å². The molecule has 4 N–H and O–H groups in total. The quantitative estimate of drug-likeness (QED) is 0.785. The third kappa shape index (κ3) is 3.11. The molecule has 2 rings (SSSR count). The maximum absolute atomic E-state index is 14.2. The fourth-order valence-electron chi connectivity index (χ4n) is 2.31. The molecule has 0 saturated carbocycles. The lowest BCUT2D eigenvalue weighted by molar-refractivity contribution is -0.139. The van der Waals surface area contributed by atoms with Crippen molar-refractivity contribution in [1.82, 2.24) is 4.98 Å². The Hall–Kier alpha value is -2.21. The van der Waals surface area contributed by atoms with Gasteiger partial charge in [0.1, 0.15) is 5.82 Å². The fourth-order valence-corrected chi connectivity index (χ4v) is 2.31. The molecule has 1 heterocycles. The van der Waals surface area contributed by atoms with Crippen molar-refractivity contribution in [2.75, 3.05) is 0 Å². The van der Waals surface area contributed by atoms with Crippen LogP contribution < -0.4 is 11.2 Å². The van der Waals surface area contributed by atoms with Crippen molar-refractivity contribution in [1.29, 1.82) is 0 Å². The van der Waals surface area contributed by atoms with Crippen molar-refractivity contribution < 1.29 is 14.3 Å². The molecular formula is C15H17FN2O3. The topological polar surface area (TPSA) is 96.2 Å². The minimum Gasteiger partial charge on any atom is -0.481 e. The number of rotatable bonds is 5. The number of aromatic amines is 1. The molecule has 5 nitrogen and oxygen atoms in total. The zero-order valence-corrected chi connectivity index (χ0v) is 11.6. The molecule has 2 aromatic rings. The van der Waals surface area contributed by atoms with Gasteiger partial charge in [0.25, 0.3) is 0 Å². The first-order valence-corrected chi connectivity index (χ1v) is 6.73. The first-order valence-electron chi connectivity index (χ1n) is 6.73. The highest BCUT2D eigenvalue weighted by molar-refractivity contribution is 5.82. The van der Waals surface area contributed by atoms with Crippen LogP contribution in [-0.4, -0.2) is 22.1 Å². The molecule has 0 saturated heterocycles. The van der Waals surface area contributed by atoms with Crippen LogP contribution in [0.5, 0.6) is 0 Å². The van der Waals surface area contributed by atoms with Gasteiger partial charge in [0, 0.05) is 34.8 Å². The van der Waals surface area contributed by atoms with Crippen LogP contribution >= 0.6 is 0 Å². The summed E-state index contributed by atoms with van der Waals surface area (Å²) in [5, 5.41) is 9.52. The third-order valence-corrected chi connectivity index (χ3v) is 3.61. The second kappa shape index (κ2) is 6.05. The van der Waals surface area contributed by atoms with Gasteiger partial charge in [-0.25, -0.2) is 4.39 Å². The number of nitrogens with two attached hydrogens (primary N) is 1. The van der Waals surface area contributed by atoms with E-state index in [-0.39, 0.29) is 28.8 Å². The third-order valence-electron chi connectivity index (χ3n) is 3.61. The van der Waals surface area contributed by atoms with Gasteiger partial charge >= 0.3 is 5.97 Å². The highest BCUT2D eigenvalue weighted by Gasteiger charge is 2.25. The Kier molecular flexibility index (Phi) is 4.37. The Bertz CT molecular complexity index is 726. The van der Waals surface area contributed by atoms with Gasteiger partial charge in [-0.05, 0) is 25.0 Å². The molecule has 112 valence electrons. The number of benzene rings is 1. The number of H-pyrrole nitrogens is 1. The second-order valence-electron chi connectivity index (χ2n) is 5.06. The van der Waals surface area contributed by atoms with Crippen LogP contribution in [0.3, 0.4) is 0 Å². The highest BCUT2D eigenvalue weighted by atomic mass is 19.1. The molecule has 0 radical (unpaired) electrons. The Morgan fingerprint density at radius 1 is 1.48 bits per heavy atom. The summed E-state index contributed by atoms with van der Waals surface area (Å²) in [4.78, 5) is 25.9. The Morgan fingerprint density at radius 3 is 2.81 bits per heavy atom. The SMILES string of the molecule is CCC(N)CC(C(=O)O)c1cc2[nH]ccc(=O)c2cc1F. The van der Waals surface area contributed by atoms with Crippen LogP contribution in [0.15, 0.2) is 29.2 Å². The van der Waals surface area contributed by atoms with Crippen molar-refractivity contribution >= 4 is 16.9 Å². The number of pyridine rings is 1. The van der Waals surface area contributed by atoms with E-state index < -0.39 is 17.7 Å². The Morgan fingerprint density at radius 2 is 2.19 bits per heavy atom. The van der Waals surface area contributed by atoms with Crippen LogP contribution in [0, 0.1) is 5.82 Å². The number of nitrogens with one attached hydrogen (secondary N) is 1. The highest BCUT2D eigenvalue weighted by Crippen LogP contribution is 2.27.